The van der Waals surface area contributed by atoms with Gasteiger partial charge in [-0.05, 0) is 45.0 Å². The molecule has 0 N–H and O–H groups in total. The molecule has 0 heterocycles. The van der Waals surface area contributed by atoms with Gasteiger partial charge in [-0.25, -0.2) is 0 Å². The molecule has 2 aromatic rings. The molecule has 0 aromatic heterocycles. The first kappa shape index (κ1) is 8.60. The number of rotatable bonds is 0. The molecule has 0 amide bonds. The van der Waals surface area contributed by atoms with Crippen molar-refractivity contribution in [2.45, 2.75) is 0 Å². The maximum Gasteiger partial charge on any atom is -0.00923 e. The second-order valence-corrected chi connectivity index (χ2v) is 4.82. The average Bonchev–Trinajstić information content (AvgIpc) is 2.21. The van der Waals surface area contributed by atoms with Crippen molar-refractivity contribution in [3.05, 3.63) is 36.4 Å². The average molecular weight is 216 g/mol. The van der Waals surface area contributed by atoms with Crippen LogP contribution in [0.3, 0.4) is 0 Å². The lowest BCUT2D eigenvalue weighted by Gasteiger charge is -2.24. The monoisotopic (exact) mass is 216 g/mol. The first-order chi connectivity index (χ1) is 6.77. The lowest BCUT2D eigenvalue weighted by molar-refractivity contribution is 1.55. The molecule has 14 heavy (non-hydrogen) atoms. The Labute approximate surface area is 88.1 Å². The van der Waals surface area contributed by atoms with Crippen LogP contribution in [0.25, 0.3) is 22.3 Å². The largest absolute Gasteiger partial charge is 0.105 e. The summed E-state index contributed by atoms with van der Waals surface area (Å²) in [6.07, 6.45) is 0. The number of benzene rings is 2. The Morgan fingerprint density at radius 2 is 1.07 bits per heavy atom. The van der Waals surface area contributed by atoms with Crippen LogP contribution in [0.2, 0.25) is 0 Å². The van der Waals surface area contributed by atoms with E-state index in [1.54, 1.807) is 0 Å². The Hall–Kier alpha value is -0.700. The molecule has 0 fully saturated rings. The summed E-state index contributed by atoms with van der Waals surface area (Å²) in [5.41, 5.74) is 5.54. The van der Waals surface area contributed by atoms with Gasteiger partial charge in [-0.15, -0.1) is 18.5 Å². The standard InChI is InChI=1S/C12H10P2/c13-11-5-9-7-3-1-2-4-8(7)10(9)6-12(11)14/h1-6H,13-14H2. The molecule has 0 bridgehead atoms. The van der Waals surface area contributed by atoms with Crippen LogP contribution in [0.4, 0.5) is 0 Å². The molecule has 0 saturated heterocycles. The van der Waals surface area contributed by atoms with Crippen molar-refractivity contribution in [1.29, 1.82) is 0 Å². The van der Waals surface area contributed by atoms with Crippen LogP contribution < -0.4 is 10.6 Å². The van der Waals surface area contributed by atoms with Gasteiger partial charge in [-0.3, -0.25) is 0 Å². The van der Waals surface area contributed by atoms with Crippen LogP contribution in [0, 0.1) is 0 Å². The van der Waals surface area contributed by atoms with E-state index < -0.39 is 0 Å². The predicted octanol–water partition coefficient (Wildman–Crippen LogP) is 2.33. The van der Waals surface area contributed by atoms with Gasteiger partial charge in [0.15, 0.2) is 0 Å². The van der Waals surface area contributed by atoms with Gasteiger partial charge in [0, 0.05) is 0 Å². The molecule has 2 heteroatoms. The summed E-state index contributed by atoms with van der Waals surface area (Å²) in [6, 6.07) is 13.0. The second kappa shape index (κ2) is 2.89. The highest BCUT2D eigenvalue weighted by atomic mass is 31.0. The van der Waals surface area contributed by atoms with Gasteiger partial charge < -0.3 is 0 Å². The summed E-state index contributed by atoms with van der Waals surface area (Å²) >= 11 is 0. The normalized spacial score (nSPS) is 11.6. The third-order valence-electron chi connectivity index (χ3n) is 2.73. The van der Waals surface area contributed by atoms with Crippen LogP contribution in [0.5, 0.6) is 0 Å². The summed E-state index contributed by atoms with van der Waals surface area (Å²) in [7, 11) is 5.55. The zero-order valence-electron chi connectivity index (χ0n) is 7.62. The molecule has 0 saturated carbocycles. The third kappa shape index (κ3) is 1.02. The SMILES string of the molecule is Pc1cc2c(cc1P)-c1ccccc1-2. The van der Waals surface area contributed by atoms with Crippen LogP contribution in [-0.4, -0.2) is 0 Å². The van der Waals surface area contributed by atoms with Gasteiger partial charge >= 0.3 is 0 Å². The zero-order chi connectivity index (χ0) is 9.71. The quantitative estimate of drug-likeness (QED) is 0.506. The van der Waals surface area contributed by atoms with Crippen molar-refractivity contribution < 1.29 is 0 Å². The summed E-state index contributed by atoms with van der Waals surface area (Å²) in [6.45, 7) is 0. The Kier molecular flexibility index (Phi) is 1.78. The van der Waals surface area contributed by atoms with E-state index in [1.807, 2.05) is 0 Å². The Bertz CT molecular complexity index is 482. The van der Waals surface area contributed by atoms with Crippen LogP contribution >= 0.6 is 18.5 Å². The van der Waals surface area contributed by atoms with Gasteiger partial charge in [-0.1, -0.05) is 24.3 Å². The van der Waals surface area contributed by atoms with Crippen molar-refractivity contribution in [2.75, 3.05) is 0 Å². The van der Waals surface area contributed by atoms with E-state index in [2.05, 4.69) is 54.9 Å². The van der Waals surface area contributed by atoms with Gasteiger partial charge in [0.1, 0.15) is 0 Å². The fourth-order valence-electron chi connectivity index (χ4n) is 1.97. The minimum Gasteiger partial charge on any atom is -0.105 e. The topological polar surface area (TPSA) is 0 Å². The molecular formula is C12H10P2. The van der Waals surface area contributed by atoms with E-state index in [9.17, 15) is 0 Å². The van der Waals surface area contributed by atoms with Crippen LogP contribution in [0.15, 0.2) is 36.4 Å². The van der Waals surface area contributed by atoms with Crippen LogP contribution in [-0.2, 0) is 0 Å². The molecule has 0 nitrogen and oxygen atoms in total. The van der Waals surface area contributed by atoms with Gasteiger partial charge in [0.25, 0.3) is 0 Å². The molecule has 1 aliphatic rings. The summed E-state index contributed by atoms with van der Waals surface area (Å²) in [5, 5.41) is 2.53. The fraction of sp³-hybridized carbons (Fsp3) is 0. The molecule has 2 unspecified atom stereocenters. The summed E-state index contributed by atoms with van der Waals surface area (Å²) < 4.78 is 0. The van der Waals surface area contributed by atoms with E-state index >= 15 is 0 Å². The first-order valence-corrected chi connectivity index (χ1v) is 5.71. The lowest BCUT2D eigenvalue weighted by atomic mass is 9.81. The fourth-order valence-corrected chi connectivity index (χ4v) is 2.47. The molecule has 2 aromatic carbocycles. The van der Waals surface area contributed by atoms with Crippen molar-refractivity contribution in [3.8, 4) is 22.3 Å². The highest BCUT2D eigenvalue weighted by Gasteiger charge is 2.21. The predicted molar refractivity (Wildman–Crippen MR) is 69.6 cm³/mol. The Morgan fingerprint density at radius 1 is 0.643 bits per heavy atom. The smallest absolute Gasteiger partial charge is 0.00923 e. The van der Waals surface area contributed by atoms with E-state index in [4.69, 9.17) is 0 Å². The summed E-state index contributed by atoms with van der Waals surface area (Å²) in [5.74, 6) is 0. The van der Waals surface area contributed by atoms with E-state index in [-0.39, 0.29) is 0 Å². The number of fused-ring (bicyclic) bond motifs is 4. The maximum atomic E-state index is 2.77. The maximum absolute atomic E-state index is 2.77. The van der Waals surface area contributed by atoms with E-state index in [0.717, 1.165) is 0 Å². The molecule has 0 radical (unpaired) electrons. The van der Waals surface area contributed by atoms with Crippen LogP contribution in [0.1, 0.15) is 0 Å². The van der Waals surface area contributed by atoms with Crippen molar-refractivity contribution >= 4 is 29.1 Å². The molecule has 0 spiro atoms. The first-order valence-electron chi connectivity index (χ1n) is 4.56. The zero-order valence-corrected chi connectivity index (χ0v) is 9.93. The molecule has 68 valence electrons. The van der Waals surface area contributed by atoms with Crippen molar-refractivity contribution in [1.82, 2.24) is 0 Å². The Balaban J connectivity index is 2.29. The molecular weight excluding hydrogens is 206 g/mol. The number of hydrogen-bond donors (Lipinski definition) is 0. The molecule has 3 rings (SSSR count). The minimum atomic E-state index is 1.27. The van der Waals surface area contributed by atoms with E-state index in [0.29, 0.717) is 0 Å². The molecule has 1 aliphatic carbocycles. The highest BCUT2D eigenvalue weighted by Crippen LogP contribution is 2.45. The van der Waals surface area contributed by atoms with Crippen molar-refractivity contribution in [2.24, 2.45) is 0 Å². The Morgan fingerprint density at radius 3 is 1.50 bits per heavy atom. The summed E-state index contributed by atoms with van der Waals surface area (Å²) in [4.78, 5) is 0. The second-order valence-electron chi connectivity index (χ2n) is 3.57. The van der Waals surface area contributed by atoms with Gasteiger partial charge in [-0.2, -0.15) is 0 Å². The third-order valence-corrected chi connectivity index (χ3v) is 4.06. The van der Waals surface area contributed by atoms with E-state index in [1.165, 1.54) is 32.9 Å². The molecule has 2 atom stereocenters. The van der Waals surface area contributed by atoms with Gasteiger partial charge in [0.2, 0.25) is 0 Å². The minimum absolute atomic E-state index is 1.27. The number of hydrogen-bond acceptors (Lipinski definition) is 0. The molecule has 0 aliphatic heterocycles. The van der Waals surface area contributed by atoms with Gasteiger partial charge in [0.05, 0.1) is 0 Å². The highest BCUT2D eigenvalue weighted by molar-refractivity contribution is 7.35. The van der Waals surface area contributed by atoms with Crippen molar-refractivity contribution in [3.63, 3.8) is 0 Å². The lowest BCUT2D eigenvalue weighted by Crippen LogP contribution is -2.15.